The Morgan fingerprint density at radius 3 is 2.67 bits per heavy atom. The van der Waals surface area contributed by atoms with Crippen LogP contribution in [0.4, 0.5) is 5.82 Å². The normalized spacial score (nSPS) is 10.8. The molecule has 0 spiro atoms. The molecule has 0 saturated heterocycles. The van der Waals surface area contributed by atoms with Gasteiger partial charge in [0.05, 0.1) is 7.11 Å². The van der Waals surface area contributed by atoms with Crippen LogP contribution in [0.2, 0.25) is 5.15 Å². The third-order valence-corrected chi connectivity index (χ3v) is 3.76. The maximum Gasteiger partial charge on any atom is 0.356 e. The smallest absolute Gasteiger partial charge is 0.356 e. The second kappa shape index (κ2) is 6.37. The van der Waals surface area contributed by atoms with Crippen LogP contribution in [0.15, 0.2) is 36.4 Å². The van der Waals surface area contributed by atoms with E-state index in [1.165, 1.54) is 10.6 Å². The zero-order valence-electron chi connectivity index (χ0n) is 13.1. The molecule has 24 heavy (non-hydrogen) atoms. The summed E-state index contributed by atoms with van der Waals surface area (Å²) in [4.78, 5) is 17.2. The van der Waals surface area contributed by atoms with Crippen molar-refractivity contribution in [3.05, 3.63) is 52.8 Å². The molecule has 2 aromatic heterocycles. The van der Waals surface area contributed by atoms with Crippen molar-refractivity contribution in [3.8, 4) is 5.75 Å². The standard InChI is InChI=1S/C16H15ClN4O3/c1-20(9-10-3-5-11(24-2)6-4-10)15-8-13(17)18-14-7-12(16(22)23)19-21(14)15/h3-8H,9H2,1-2H3,(H,22,23). The number of halogens is 1. The van der Waals surface area contributed by atoms with E-state index in [9.17, 15) is 4.79 Å². The van der Waals surface area contributed by atoms with Gasteiger partial charge in [-0.2, -0.15) is 9.61 Å². The Morgan fingerprint density at radius 2 is 2.04 bits per heavy atom. The zero-order chi connectivity index (χ0) is 17.3. The second-order valence-electron chi connectivity index (χ2n) is 5.25. The minimum absolute atomic E-state index is 0.0798. The summed E-state index contributed by atoms with van der Waals surface area (Å²) < 4.78 is 6.62. The maximum absolute atomic E-state index is 11.1. The van der Waals surface area contributed by atoms with Crippen LogP contribution in [-0.2, 0) is 6.54 Å². The molecule has 0 atom stereocenters. The molecule has 3 aromatic rings. The number of aromatic nitrogens is 3. The molecule has 0 aliphatic carbocycles. The minimum atomic E-state index is -1.11. The quantitative estimate of drug-likeness (QED) is 0.715. The first-order chi connectivity index (χ1) is 11.5. The number of benzene rings is 1. The Morgan fingerprint density at radius 1 is 1.33 bits per heavy atom. The van der Waals surface area contributed by atoms with Crippen molar-refractivity contribution in [2.24, 2.45) is 0 Å². The van der Waals surface area contributed by atoms with E-state index in [4.69, 9.17) is 21.4 Å². The molecule has 3 rings (SSSR count). The predicted molar refractivity (Wildman–Crippen MR) is 90.1 cm³/mol. The molecule has 0 fully saturated rings. The van der Waals surface area contributed by atoms with Crippen molar-refractivity contribution in [3.63, 3.8) is 0 Å². The number of methoxy groups -OCH3 is 1. The van der Waals surface area contributed by atoms with Crippen LogP contribution in [0.1, 0.15) is 16.1 Å². The molecule has 7 nitrogen and oxygen atoms in total. The van der Waals surface area contributed by atoms with Crippen LogP contribution in [0.25, 0.3) is 5.65 Å². The predicted octanol–water partition coefficient (Wildman–Crippen LogP) is 2.73. The Labute approximate surface area is 143 Å². The number of rotatable bonds is 5. The highest BCUT2D eigenvalue weighted by Gasteiger charge is 2.15. The molecule has 1 N–H and O–H groups in total. The zero-order valence-corrected chi connectivity index (χ0v) is 13.9. The van der Waals surface area contributed by atoms with E-state index in [0.717, 1.165) is 11.3 Å². The van der Waals surface area contributed by atoms with Crippen LogP contribution in [0, 0.1) is 0 Å². The van der Waals surface area contributed by atoms with Gasteiger partial charge in [-0.05, 0) is 17.7 Å². The topological polar surface area (TPSA) is 80.0 Å². The summed E-state index contributed by atoms with van der Waals surface area (Å²) in [7, 11) is 3.49. The number of aromatic carboxylic acids is 1. The lowest BCUT2D eigenvalue weighted by atomic mass is 10.2. The molecule has 0 saturated carbocycles. The van der Waals surface area contributed by atoms with E-state index < -0.39 is 5.97 Å². The molecule has 0 amide bonds. The summed E-state index contributed by atoms with van der Waals surface area (Å²) in [6.45, 7) is 0.585. The van der Waals surface area contributed by atoms with Crippen molar-refractivity contribution < 1.29 is 14.6 Å². The lowest BCUT2D eigenvalue weighted by Gasteiger charge is -2.20. The van der Waals surface area contributed by atoms with Crippen molar-refractivity contribution in [2.75, 3.05) is 19.1 Å². The van der Waals surface area contributed by atoms with E-state index in [1.807, 2.05) is 36.2 Å². The van der Waals surface area contributed by atoms with Crippen molar-refractivity contribution in [1.82, 2.24) is 14.6 Å². The average Bonchev–Trinajstić information content (AvgIpc) is 2.98. The fourth-order valence-corrected chi connectivity index (χ4v) is 2.58. The van der Waals surface area contributed by atoms with Gasteiger partial charge in [0, 0.05) is 25.7 Å². The Hall–Kier alpha value is -2.80. The Bertz CT molecular complexity index is 892. The van der Waals surface area contributed by atoms with E-state index in [0.29, 0.717) is 18.0 Å². The highest BCUT2D eigenvalue weighted by Crippen LogP contribution is 2.22. The van der Waals surface area contributed by atoms with Crippen LogP contribution >= 0.6 is 11.6 Å². The molecular formula is C16H15ClN4O3. The Balaban J connectivity index is 1.95. The Kier molecular flexibility index (Phi) is 4.26. The monoisotopic (exact) mass is 346 g/mol. The third kappa shape index (κ3) is 3.11. The number of anilines is 1. The second-order valence-corrected chi connectivity index (χ2v) is 5.63. The van der Waals surface area contributed by atoms with Gasteiger partial charge >= 0.3 is 5.97 Å². The van der Waals surface area contributed by atoms with Crippen LogP contribution in [-0.4, -0.2) is 39.8 Å². The fraction of sp³-hybridized carbons (Fsp3) is 0.188. The highest BCUT2D eigenvalue weighted by atomic mass is 35.5. The van der Waals surface area contributed by atoms with Crippen LogP contribution in [0.3, 0.4) is 0 Å². The molecule has 0 aliphatic heterocycles. The van der Waals surface area contributed by atoms with Gasteiger partial charge in [0.1, 0.15) is 16.7 Å². The number of nitrogens with zero attached hydrogens (tertiary/aromatic N) is 4. The molecule has 8 heteroatoms. The maximum atomic E-state index is 11.1. The summed E-state index contributed by atoms with van der Waals surface area (Å²) in [5, 5.41) is 13.5. The van der Waals surface area contributed by atoms with Gasteiger partial charge in [-0.1, -0.05) is 23.7 Å². The van der Waals surface area contributed by atoms with E-state index >= 15 is 0 Å². The first-order valence-electron chi connectivity index (χ1n) is 7.11. The first-order valence-corrected chi connectivity index (χ1v) is 7.49. The summed E-state index contributed by atoms with van der Waals surface area (Å²) in [5.74, 6) is 0.322. The van der Waals surface area contributed by atoms with Gasteiger partial charge in [-0.15, -0.1) is 0 Å². The lowest BCUT2D eigenvalue weighted by molar-refractivity contribution is 0.0690. The van der Waals surface area contributed by atoms with E-state index in [1.54, 1.807) is 13.2 Å². The first kappa shape index (κ1) is 16.1. The van der Waals surface area contributed by atoms with E-state index in [-0.39, 0.29) is 10.8 Å². The number of hydrogen-bond acceptors (Lipinski definition) is 5. The lowest BCUT2D eigenvalue weighted by Crippen LogP contribution is -2.20. The molecule has 1 aromatic carbocycles. The summed E-state index contributed by atoms with van der Waals surface area (Å²) in [6.07, 6.45) is 0. The van der Waals surface area contributed by atoms with Crippen molar-refractivity contribution in [1.29, 1.82) is 0 Å². The largest absolute Gasteiger partial charge is 0.497 e. The van der Waals surface area contributed by atoms with Gasteiger partial charge in [0.2, 0.25) is 0 Å². The summed E-state index contributed by atoms with van der Waals surface area (Å²) in [5.41, 5.74) is 1.37. The number of carboxylic acids is 1. The number of hydrogen-bond donors (Lipinski definition) is 1. The molecule has 124 valence electrons. The number of ether oxygens (including phenoxy) is 1. The van der Waals surface area contributed by atoms with Gasteiger partial charge in [-0.25, -0.2) is 9.78 Å². The molecule has 2 heterocycles. The highest BCUT2D eigenvalue weighted by molar-refractivity contribution is 6.29. The number of fused-ring (bicyclic) bond motifs is 1. The molecule has 0 aliphatic rings. The van der Waals surface area contributed by atoms with Gasteiger partial charge in [0.25, 0.3) is 0 Å². The summed E-state index contributed by atoms with van der Waals surface area (Å²) in [6, 6.07) is 10.7. The SMILES string of the molecule is COc1ccc(CN(C)c2cc(Cl)nc3cc(C(=O)O)nn23)cc1. The van der Waals surface area contributed by atoms with Crippen molar-refractivity contribution in [2.45, 2.75) is 6.54 Å². The fourth-order valence-electron chi connectivity index (χ4n) is 2.39. The number of carboxylic acid groups (broad SMARTS) is 1. The average molecular weight is 347 g/mol. The van der Waals surface area contributed by atoms with Gasteiger partial charge < -0.3 is 14.7 Å². The van der Waals surface area contributed by atoms with Gasteiger partial charge in [-0.3, -0.25) is 0 Å². The molecular weight excluding hydrogens is 332 g/mol. The molecule has 0 unspecified atom stereocenters. The number of carbonyl (C=O) groups is 1. The van der Waals surface area contributed by atoms with Crippen LogP contribution in [0.5, 0.6) is 5.75 Å². The third-order valence-electron chi connectivity index (χ3n) is 3.57. The van der Waals surface area contributed by atoms with E-state index in [2.05, 4.69) is 10.1 Å². The van der Waals surface area contributed by atoms with Crippen LogP contribution < -0.4 is 9.64 Å². The van der Waals surface area contributed by atoms with Gasteiger partial charge in [0.15, 0.2) is 11.3 Å². The minimum Gasteiger partial charge on any atom is -0.497 e. The van der Waals surface area contributed by atoms with Crippen molar-refractivity contribution >= 4 is 29.0 Å². The molecule has 0 radical (unpaired) electrons. The summed E-state index contributed by atoms with van der Waals surface area (Å²) >= 11 is 6.06. The molecule has 0 bridgehead atoms.